The highest BCUT2D eigenvalue weighted by atomic mass is 79.9. The van der Waals surface area contributed by atoms with E-state index in [9.17, 15) is 0 Å². The number of halogens is 1. The standard InChI is InChI=1S/C9H12BrN3/c1-13(7-3-2-4-7)9-6-11-5-8(10)12-9/h5-7H,2-4H2,1H3. The van der Waals surface area contributed by atoms with Crippen molar-refractivity contribution in [1.29, 1.82) is 0 Å². The SMILES string of the molecule is CN(c1cncc(Br)n1)C1CCC1. The topological polar surface area (TPSA) is 29.0 Å². The van der Waals surface area contributed by atoms with Crippen LogP contribution in [0.2, 0.25) is 0 Å². The molecule has 1 fully saturated rings. The molecule has 4 heteroatoms. The molecule has 0 N–H and O–H groups in total. The minimum Gasteiger partial charge on any atom is -0.355 e. The van der Waals surface area contributed by atoms with Crippen LogP contribution in [0.3, 0.4) is 0 Å². The van der Waals surface area contributed by atoms with E-state index < -0.39 is 0 Å². The molecule has 0 radical (unpaired) electrons. The molecule has 3 nitrogen and oxygen atoms in total. The predicted octanol–water partition coefficient (Wildman–Crippen LogP) is 2.23. The van der Waals surface area contributed by atoms with Gasteiger partial charge >= 0.3 is 0 Å². The van der Waals surface area contributed by atoms with E-state index in [1.165, 1.54) is 19.3 Å². The second-order valence-corrected chi connectivity index (χ2v) is 4.21. The summed E-state index contributed by atoms with van der Waals surface area (Å²) in [6.45, 7) is 0. The van der Waals surface area contributed by atoms with Gasteiger partial charge in [-0.25, -0.2) is 4.98 Å². The molecule has 70 valence electrons. The Kier molecular flexibility index (Phi) is 2.49. The summed E-state index contributed by atoms with van der Waals surface area (Å²) in [4.78, 5) is 10.7. The first-order chi connectivity index (χ1) is 6.27. The van der Waals surface area contributed by atoms with Crippen molar-refractivity contribution in [3.05, 3.63) is 17.0 Å². The number of hydrogen-bond donors (Lipinski definition) is 0. The lowest BCUT2D eigenvalue weighted by Crippen LogP contribution is -2.37. The molecule has 0 aliphatic heterocycles. The Morgan fingerprint density at radius 2 is 2.23 bits per heavy atom. The molecule has 0 spiro atoms. The maximum absolute atomic E-state index is 4.36. The van der Waals surface area contributed by atoms with E-state index in [0.29, 0.717) is 6.04 Å². The van der Waals surface area contributed by atoms with Crippen LogP contribution < -0.4 is 4.90 Å². The van der Waals surface area contributed by atoms with Gasteiger partial charge in [-0.3, -0.25) is 4.98 Å². The van der Waals surface area contributed by atoms with Gasteiger partial charge in [0.2, 0.25) is 0 Å². The lowest BCUT2D eigenvalue weighted by atomic mass is 9.92. The third-order valence-electron chi connectivity index (χ3n) is 2.58. The first-order valence-electron chi connectivity index (χ1n) is 4.48. The Labute approximate surface area is 86.3 Å². The first-order valence-corrected chi connectivity index (χ1v) is 5.27. The van der Waals surface area contributed by atoms with Gasteiger partial charge in [-0.05, 0) is 35.2 Å². The largest absolute Gasteiger partial charge is 0.355 e. The third-order valence-corrected chi connectivity index (χ3v) is 2.96. The highest BCUT2D eigenvalue weighted by molar-refractivity contribution is 9.10. The molecule has 0 aromatic carbocycles. The summed E-state index contributed by atoms with van der Waals surface area (Å²) in [6.07, 6.45) is 7.42. The Bertz CT molecular complexity index is 299. The molecule has 1 saturated carbocycles. The van der Waals surface area contributed by atoms with Crippen LogP contribution in [0.25, 0.3) is 0 Å². The van der Waals surface area contributed by atoms with Crippen molar-refractivity contribution in [3.63, 3.8) is 0 Å². The molecule has 1 heterocycles. The number of rotatable bonds is 2. The van der Waals surface area contributed by atoms with E-state index in [0.717, 1.165) is 10.4 Å². The van der Waals surface area contributed by atoms with Crippen molar-refractivity contribution >= 4 is 21.7 Å². The normalized spacial score (nSPS) is 16.8. The zero-order valence-electron chi connectivity index (χ0n) is 7.57. The van der Waals surface area contributed by atoms with Gasteiger partial charge < -0.3 is 4.90 Å². The van der Waals surface area contributed by atoms with Gasteiger partial charge in [-0.2, -0.15) is 0 Å². The quantitative estimate of drug-likeness (QED) is 0.796. The van der Waals surface area contributed by atoms with Gasteiger partial charge in [-0.15, -0.1) is 0 Å². The van der Waals surface area contributed by atoms with E-state index in [1.54, 1.807) is 6.20 Å². The summed E-state index contributed by atoms with van der Waals surface area (Å²) in [5, 5.41) is 0. The fourth-order valence-electron chi connectivity index (χ4n) is 1.46. The second-order valence-electron chi connectivity index (χ2n) is 3.40. The van der Waals surface area contributed by atoms with E-state index in [2.05, 4.69) is 37.8 Å². The average molecular weight is 242 g/mol. The zero-order valence-corrected chi connectivity index (χ0v) is 9.16. The third kappa shape index (κ3) is 1.82. The number of nitrogens with zero attached hydrogens (tertiary/aromatic N) is 3. The van der Waals surface area contributed by atoms with Gasteiger partial charge in [0.05, 0.1) is 12.4 Å². The van der Waals surface area contributed by atoms with Crippen LogP contribution in [0.1, 0.15) is 19.3 Å². The highest BCUT2D eigenvalue weighted by Crippen LogP contribution is 2.26. The second kappa shape index (κ2) is 3.62. The van der Waals surface area contributed by atoms with Gasteiger partial charge in [0, 0.05) is 13.1 Å². The molecule has 1 aliphatic rings. The number of hydrogen-bond acceptors (Lipinski definition) is 3. The monoisotopic (exact) mass is 241 g/mol. The van der Waals surface area contributed by atoms with Crippen LogP contribution in [-0.2, 0) is 0 Å². The molecule has 0 unspecified atom stereocenters. The molecule has 2 rings (SSSR count). The first kappa shape index (κ1) is 8.94. The average Bonchev–Trinajstić information content (AvgIpc) is 2.01. The summed E-state index contributed by atoms with van der Waals surface area (Å²) < 4.78 is 0.802. The summed E-state index contributed by atoms with van der Waals surface area (Å²) >= 11 is 3.32. The summed E-state index contributed by atoms with van der Waals surface area (Å²) in [5.74, 6) is 0.957. The smallest absolute Gasteiger partial charge is 0.148 e. The van der Waals surface area contributed by atoms with Crippen molar-refractivity contribution in [3.8, 4) is 0 Å². The number of anilines is 1. The maximum atomic E-state index is 4.36. The molecule has 1 aliphatic carbocycles. The van der Waals surface area contributed by atoms with Gasteiger partial charge in [-0.1, -0.05) is 0 Å². The molecule has 0 atom stereocenters. The highest BCUT2D eigenvalue weighted by Gasteiger charge is 2.22. The minimum atomic E-state index is 0.670. The minimum absolute atomic E-state index is 0.670. The fraction of sp³-hybridized carbons (Fsp3) is 0.556. The molecule has 1 aromatic rings. The van der Waals surface area contributed by atoms with Crippen LogP contribution in [0, 0.1) is 0 Å². The van der Waals surface area contributed by atoms with Gasteiger partial charge in [0.1, 0.15) is 10.4 Å². The Morgan fingerprint density at radius 1 is 1.46 bits per heavy atom. The predicted molar refractivity (Wildman–Crippen MR) is 55.8 cm³/mol. The van der Waals surface area contributed by atoms with Crippen LogP contribution in [-0.4, -0.2) is 23.1 Å². The lowest BCUT2D eigenvalue weighted by Gasteiger charge is -2.35. The lowest BCUT2D eigenvalue weighted by molar-refractivity contribution is 0.399. The van der Waals surface area contributed by atoms with Crippen LogP contribution in [0.5, 0.6) is 0 Å². The fourth-order valence-corrected chi connectivity index (χ4v) is 1.76. The molecular weight excluding hydrogens is 230 g/mol. The van der Waals surface area contributed by atoms with Crippen molar-refractivity contribution in [2.24, 2.45) is 0 Å². The Morgan fingerprint density at radius 3 is 2.77 bits per heavy atom. The van der Waals surface area contributed by atoms with Crippen LogP contribution >= 0.6 is 15.9 Å². The zero-order chi connectivity index (χ0) is 9.26. The van der Waals surface area contributed by atoms with Crippen molar-refractivity contribution < 1.29 is 0 Å². The molecule has 13 heavy (non-hydrogen) atoms. The van der Waals surface area contributed by atoms with E-state index in [4.69, 9.17) is 0 Å². The molecular formula is C9H12BrN3. The number of aromatic nitrogens is 2. The van der Waals surface area contributed by atoms with E-state index in [-0.39, 0.29) is 0 Å². The van der Waals surface area contributed by atoms with Crippen molar-refractivity contribution in [1.82, 2.24) is 9.97 Å². The Hall–Kier alpha value is -0.640. The van der Waals surface area contributed by atoms with Gasteiger partial charge in [0.15, 0.2) is 0 Å². The van der Waals surface area contributed by atoms with Crippen molar-refractivity contribution in [2.75, 3.05) is 11.9 Å². The molecule has 0 saturated heterocycles. The molecule has 0 amide bonds. The van der Waals surface area contributed by atoms with Crippen LogP contribution in [0.15, 0.2) is 17.0 Å². The van der Waals surface area contributed by atoms with E-state index >= 15 is 0 Å². The molecule has 0 bridgehead atoms. The summed E-state index contributed by atoms with van der Waals surface area (Å²) in [5.41, 5.74) is 0. The Balaban J connectivity index is 2.14. The van der Waals surface area contributed by atoms with Crippen molar-refractivity contribution in [2.45, 2.75) is 25.3 Å². The summed E-state index contributed by atoms with van der Waals surface area (Å²) in [7, 11) is 2.08. The van der Waals surface area contributed by atoms with E-state index in [1.807, 2.05) is 6.20 Å². The summed E-state index contributed by atoms with van der Waals surface area (Å²) in [6, 6.07) is 0.670. The van der Waals surface area contributed by atoms with Gasteiger partial charge in [0.25, 0.3) is 0 Å². The molecule has 1 aromatic heterocycles. The van der Waals surface area contributed by atoms with Crippen LogP contribution in [0.4, 0.5) is 5.82 Å². The maximum Gasteiger partial charge on any atom is 0.148 e.